The molecular formula is C15H14ClNO3. The van der Waals surface area contributed by atoms with E-state index in [1.807, 2.05) is 30.3 Å². The minimum atomic E-state index is -1.07. The van der Waals surface area contributed by atoms with E-state index in [1.165, 1.54) is 6.07 Å². The van der Waals surface area contributed by atoms with E-state index in [4.69, 9.17) is 16.7 Å². The molecule has 0 bridgehead atoms. The van der Waals surface area contributed by atoms with E-state index in [9.17, 15) is 9.90 Å². The molecule has 2 aromatic rings. The van der Waals surface area contributed by atoms with Crippen molar-refractivity contribution >= 4 is 23.3 Å². The van der Waals surface area contributed by atoms with E-state index >= 15 is 0 Å². The van der Waals surface area contributed by atoms with Crippen molar-refractivity contribution in [3.8, 4) is 0 Å². The lowest BCUT2D eigenvalue weighted by Crippen LogP contribution is -2.14. The fourth-order valence-electron chi connectivity index (χ4n) is 1.85. The molecule has 0 saturated heterocycles. The van der Waals surface area contributed by atoms with Crippen LogP contribution in [0.5, 0.6) is 0 Å². The second-order valence-corrected chi connectivity index (χ2v) is 4.74. The summed E-state index contributed by atoms with van der Waals surface area (Å²) in [5, 5.41) is 22.4. The van der Waals surface area contributed by atoms with Gasteiger partial charge in [-0.2, -0.15) is 0 Å². The van der Waals surface area contributed by atoms with Crippen LogP contribution in [0.15, 0.2) is 48.5 Å². The van der Waals surface area contributed by atoms with Crippen LogP contribution in [-0.4, -0.2) is 22.7 Å². The van der Waals surface area contributed by atoms with Crippen LogP contribution < -0.4 is 5.32 Å². The first-order valence-electron chi connectivity index (χ1n) is 6.07. The smallest absolute Gasteiger partial charge is 0.337 e. The van der Waals surface area contributed by atoms with E-state index in [-0.39, 0.29) is 12.1 Å². The quantitative estimate of drug-likeness (QED) is 0.791. The number of rotatable bonds is 5. The molecular weight excluding hydrogens is 278 g/mol. The summed E-state index contributed by atoms with van der Waals surface area (Å²) in [4.78, 5) is 11.1. The van der Waals surface area contributed by atoms with Crippen LogP contribution in [0.4, 0.5) is 5.69 Å². The van der Waals surface area contributed by atoms with Gasteiger partial charge in [0.05, 0.1) is 11.7 Å². The first-order chi connectivity index (χ1) is 9.58. The summed E-state index contributed by atoms with van der Waals surface area (Å²) in [6.45, 7) is 0.214. The second-order valence-electron chi connectivity index (χ2n) is 4.30. The van der Waals surface area contributed by atoms with Crippen LogP contribution in [0.25, 0.3) is 0 Å². The Kier molecular flexibility index (Phi) is 4.61. The van der Waals surface area contributed by atoms with Crippen LogP contribution in [0.3, 0.4) is 0 Å². The number of anilines is 1. The van der Waals surface area contributed by atoms with E-state index in [0.29, 0.717) is 10.7 Å². The Bertz CT molecular complexity index is 601. The summed E-state index contributed by atoms with van der Waals surface area (Å²) in [5.41, 5.74) is 1.28. The molecule has 1 unspecified atom stereocenters. The molecule has 0 aliphatic heterocycles. The lowest BCUT2D eigenvalue weighted by molar-refractivity contribution is 0.0697. The molecule has 0 aromatic heterocycles. The van der Waals surface area contributed by atoms with Crippen molar-refractivity contribution in [2.24, 2.45) is 0 Å². The summed E-state index contributed by atoms with van der Waals surface area (Å²) in [7, 11) is 0. The Morgan fingerprint density at radius 3 is 2.55 bits per heavy atom. The molecule has 3 N–H and O–H groups in total. The number of benzene rings is 2. The van der Waals surface area contributed by atoms with E-state index in [1.54, 1.807) is 12.1 Å². The topological polar surface area (TPSA) is 69.6 Å². The molecule has 0 saturated carbocycles. The van der Waals surface area contributed by atoms with Crippen molar-refractivity contribution in [1.82, 2.24) is 0 Å². The Labute approximate surface area is 121 Å². The summed E-state index contributed by atoms with van der Waals surface area (Å²) >= 11 is 5.78. The molecule has 0 spiro atoms. The lowest BCUT2D eigenvalue weighted by Gasteiger charge is -2.14. The number of aromatic carboxylic acids is 1. The molecule has 1 atom stereocenters. The third kappa shape index (κ3) is 3.50. The fraction of sp³-hybridized carbons (Fsp3) is 0.133. The first kappa shape index (κ1) is 14.4. The minimum Gasteiger partial charge on any atom is -0.478 e. The van der Waals surface area contributed by atoms with Crippen LogP contribution in [0.1, 0.15) is 22.0 Å². The van der Waals surface area contributed by atoms with Gasteiger partial charge in [-0.3, -0.25) is 0 Å². The Morgan fingerprint density at radius 1 is 1.20 bits per heavy atom. The highest BCUT2D eigenvalue weighted by Gasteiger charge is 2.12. The molecule has 0 fully saturated rings. The molecule has 5 heteroatoms. The molecule has 2 aromatic carbocycles. The van der Waals surface area contributed by atoms with Crippen LogP contribution >= 0.6 is 11.6 Å². The number of aliphatic hydroxyl groups is 1. The third-order valence-corrected chi connectivity index (χ3v) is 3.12. The maximum Gasteiger partial charge on any atom is 0.337 e. The van der Waals surface area contributed by atoms with Crippen molar-refractivity contribution in [2.45, 2.75) is 6.10 Å². The molecule has 0 aliphatic rings. The van der Waals surface area contributed by atoms with E-state index in [0.717, 1.165) is 5.56 Å². The van der Waals surface area contributed by atoms with Gasteiger partial charge in [-0.25, -0.2) is 4.79 Å². The molecule has 0 heterocycles. The van der Waals surface area contributed by atoms with Gasteiger partial charge in [-0.05, 0) is 23.8 Å². The molecule has 104 valence electrons. The van der Waals surface area contributed by atoms with Gasteiger partial charge >= 0.3 is 5.97 Å². The standard InChI is InChI=1S/C15H14ClNO3/c16-11-6-7-13(12(8-11)15(19)20)17-9-14(18)10-4-2-1-3-5-10/h1-8,14,17-18H,9H2,(H,19,20). The zero-order chi connectivity index (χ0) is 14.5. The summed E-state index contributed by atoms with van der Waals surface area (Å²) in [5.74, 6) is -1.07. The zero-order valence-electron chi connectivity index (χ0n) is 10.6. The van der Waals surface area contributed by atoms with Crippen molar-refractivity contribution < 1.29 is 15.0 Å². The first-order valence-corrected chi connectivity index (χ1v) is 6.45. The number of carboxylic acids is 1. The molecule has 20 heavy (non-hydrogen) atoms. The van der Waals surface area contributed by atoms with Gasteiger partial charge in [-0.1, -0.05) is 41.9 Å². The van der Waals surface area contributed by atoms with Gasteiger partial charge < -0.3 is 15.5 Å². The summed E-state index contributed by atoms with van der Waals surface area (Å²) in [6, 6.07) is 13.7. The SMILES string of the molecule is O=C(O)c1cc(Cl)ccc1NCC(O)c1ccccc1. The highest BCUT2D eigenvalue weighted by molar-refractivity contribution is 6.31. The number of aliphatic hydroxyl groups excluding tert-OH is 1. The third-order valence-electron chi connectivity index (χ3n) is 2.88. The second kappa shape index (κ2) is 6.41. The van der Waals surface area contributed by atoms with Crippen molar-refractivity contribution in [2.75, 3.05) is 11.9 Å². The fourth-order valence-corrected chi connectivity index (χ4v) is 2.02. The molecule has 2 rings (SSSR count). The summed E-state index contributed by atoms with van der Waals surface area (Å²) in [6.07, 6.45) is -0.714. The Hall–Kier alpha value is -2.04. The predicted molar refractivity (Wildman–Crippen MR) is 78.3 cm³/mol. The number of carbonyl (C=O) groups is 1. The maximum absolute atomic E-state index is 11.1. The zero-order valence-corrected chi connectivity index (χ0v) is 11.3. The predicted octanol–water partition coefficient (Wildman–Crippen LogP) is 3.18. The van der Waals surface area contributed by atoms with Crippen molar-refractivity contribution in [1.29, 1.82) is 0 Å². The molecule has 0 amide bonds. The number of carboxylic acid groups (broad SMARTS) is 1. The largest absolute Gasteiger partial charge is 0.478 e. The van der Waals surface area contributed by atoms with Gasteiger partial charge in [0.2, 0.25) is 0 Å². The molecule has 4 nitrogen and oxygen atoms in total. The highest BCUT2D eigenvalue weighted by Crippen LogP contribution is 2.22. The Balaban J connectivity index is 2.09. The van der Waals surface area contributed by atoms with Gasteiger partial charge in [0, 0.05) is 17.3 Å². The van der Waals surface area contributed by atoms with E-state index in [2.05, 4.69) is 5.32 Å². The Morgan fingerprint density at radius 2 is 1.90 bits per heavy atom. The number of hydrogen-bond donors (Lipinski definition) is 3. The monoisotopic (exact) mass is 291 g/mol. The van der Waals surface area contributed by atoms with E-state index < -0.39 is 12.1 Å². The molecule has 0 aliphatic carbocycles. The lowest BCUT2D eigenvalue weighted by atomic mass is 10.1. The number of hydrogen-bond acceptors (Lipinski definition) is 3. The van der Waals surface area contributed by atoms with Crippen molar-refractivity contribution in [3.05, 3.63) is 64.7 Å². The highest BCUT2D eigenvalue weighted by atomic mass is 35.5. The van der Waals surface area contributed by atoms with Crippen LogP contribution in [-0.2, 0) is 0 Å². The maximum atomic E-state index is 11.1. The van der Waals surface area contributed by atoms with Gasteiger partial charge in [0.15, 0.2) is 0 Å². The minimum absolute atomic E-state index is 0.0813. The number of nitrogens with one attached hydrogen (secondary N) is 1. The summed E-state index contributed by atoms with van der Waals surface area (Å²) < 4.78 is 0. The average Bonchev–Trinajstić information content (AvgIpc) is 2.46. The van der Waals surface area contributed by atoms with Gasteiger partial charge in [-0.15, -0.1) is 0 Å². The van der Waals surface area contributed by atoms with Gasteiger partial charge in [0.1, 0.15) is 0 Å². The van der Waals surface area contributed by atoms with Crippen LogP contribution in [0.2, 0.25) is 5.02 Å². The molecule has 0 radical (unpaired) electrons. The van der Waals surface area contributed by atoms with Crippen LogP contribution in [0, 0.1) is 0 Å². The van der Waals surface area contributed by atoms with Gasteiger partial charge in [0.25, 0.3) is 0 Å². The van der Waals surface area contributed by atoms with Crippen molar-refractivity contribution in [3.63, 3.8) is 0 Å². The average molecular weight is 292 g/mol. The normalized spacial score (nSPS) is 11.9. The number of halogens is 1.